The number of hydrogen-bond acceptors (Lipinski definition) is 3. The van der Waals surface area contributed by atoms with E-state index in [9.17, 15) is 0 Å². The number of benzene rings is 1. The molecular formula is C14H19ClN4. The van der Waals surface area contributed by atoms with Gasteiger partial charge in [0.05, 0.1) is 18.4 Å². The van der Waals surface area contributed by atoms with Crippen LogP contribution >= 0.6 is 11.6 Å². The van der Waals surface area contributed by atoms with Gasteiger partial charge in [0.2, 0.25) is 5.95 Å². The van der Waals surface area contributed by atoms with Crippen LogP contribution in [0.15, 0.2) is 24.4 Å². The van der Waals surface area contributed by atoms with Crippen LogP contribution in [0.4, 0.5) is 11.6 Å². The molecule has 19 heavy (non-hydrogen) atoms. The maximum atomic E-state index is 6.11. The van der Waals surface area contributed by atoms with Gasteiger partial charge in [-0.15, -0.1) is 0 Å². The summed E-state index contributed by atoms with van der Waals surface area (Å²) in [6.07, 6.45) is 1.89. The predicted molar refractivity (Wildman–Crippen MR) is 81.1 cm³/mol. The highest BCUT2D eigenvalue weighted by molar-refractivity contribution is 6.31. The van der Waals surface area contributed by atoms with Gasteiger partial charge in [0.1, 0.15) is 0 Å². The lowest BCUT2D eigenvalue weighted by atomic mass is 10.2. The fourth-order valence-electron chi connectivity index (χ4n) is 2.00. The number of rotatable bonds is 4. The van der Waals surface area contributed by atoms with Gasteiger partial charge in [-0.05, 0) is 24.6 Å². The highest BCUT2D eigenvalue weighted by atomic mass is 35.5. The molecule has 1 N–H and O–H groups in total. The van der Waals surface area contributed by atoms with E-state index in [1.807, 2.05) is 57.4 Å². The number of aromatic nitrogens is 2. The number of anilines is 2. The molecule has 0 aliphatic carbocycles. The number of nitrogens with zero attached hydrogens (tertiary/aromatic N) is 3. The van der Waals surface area contributed by atoms with Crippen LogP contribution in [-0.4, -0.2) is 23.6 Å². The summed E-state index contributed by atoms with van der Waals surface area (Å²) < 4.78 is 2.08. The average Bonchev–Trinajstić information content (AvgIpc) is 2.73. The van der Waals surface area contributed by atoms with Crippen molar-refractivity contribution < 1.29 is 0 Å². The van der Waals surface area contributed by atoms with Crippen molar-refractivity contribution in [3.05, 3.63) is 40.7 Å². The van der Waals surface area contributed by atoms with Gasteiger partial charge in [-0.1, -0.05) is 17.7 Å². The second-order valence-corrected chi connectivity index (χ2v) is 5.18. The Kier molecular flexibility index (Phi) is 4.00. The minimum Gasteiger partial charge on any atom is -0.379 e. The quantitative estimate of drug-likeness (QED) is 0.933. The largest absolute Gasteiger partial charge is 0.379 e. The van der Waals surface area contributed by atoms with Gasteiger partial charge in [0, 0.05) is 31.9 Å². The van der Waals surface area contributed by atoms with Crippen molar-refractivity contribution in [3.63, 3.8) is 0 Å². The van der Waals surface area contributed by atoms with E-state index in [0.29, 0.717) is 0 Å². The summed E-state index contributed by atoms with van der Waals surface area (Å²) in [6, 6.07) is 5.88. The molecule has 1 aromatic heterocycles. The molecule has 1 heterocycles. The second kappa shape index (κ2) is 5.53. The minimum atomic E-state index is 0.721. The molecule has 0 amide bonds. The lowest BCUT2D eigenvalue weighted by molar-refractivity contribution is 0.813. The van der Waals surface area contributed by atoms with Gasteiger partial charge < -0.3 is 14.8 Å². The summed E-state index contributed by atoms with van der Waals surface area (Å²) in [5.74, 6) is 0.944. The fourth-order valence-corrected chi connectivity index (χ4v) is 2.17. The maximum absolute atomic E-state index is 6.11. The number of nitrogens with one attached hydrogen (secondary N) is 1. The van der Waals surface area contributed by atoms with Gasteiger partial charge in [-0.25, -0.2) is 4.98 Å². The minimum absolute atomic E-state index is 0.721. The summed E-state index contributed by atoms with van der Waals surface area (Å²) in [7, 11) is 5.99. The molecule has 0 atom stereocenters. The zero-order valence-corrected chi connectivity index (χ0v) is 12.5. The molecular weight excluding hydrogens is 260 g/mol. The molecule has 0 saturated carbocycles. The van der Waals surface area contributed by atoms with E-state index in [1.165, 1.54) is 0 Å². The Morgan fingerprint density at radius 1 is 1.37 bits per heavy atom. The van der Waals surface area contributed by atoms with Crippen molar-refractivity contribution in [2.45, 2.75) is 13.5 Å². The zero-order chi connectivity index (χ0) is 14.0. The van der Waals surface area contributed by atoms with Gasteiger partial charge in [0.25, 0.3) is 0 Å². The summed E-state index contributed by atoms with van der Waals surface area (Å²) in [5, 5.41) is 4.18. The van der Waals surface area contributed by atoms with Gasteiger partial charge >= 0.3 is 0 Å². The molecule has 1 aromatic carbocycles. The number of imidazole rings is 1. The van der Waals surface area contributed by atoms with Crippen LogP contribution in [0.3, 0.4) is 0 Å². The molecule has 0 radical (unpaired) electrons. The standard InChI is InChI=1S/C14H19ClN4/c1-10-12(15)6-5-7-13(10)16-8-11-9-17-14(18(2)3)19(11)4/h5-7,9,16H,8H2,1-4H3. The second-order valence-electron chi connectivity index (χ2n) is 4.77. The third-order valence-electron chi connectivity index (χ3n) is 3.19. The SMILES string of the molecule is Cc1c(Cl)cccc1NCc1cnc(N(C)C)n1C. The van der Waals surface area contributed by atoms with Crippen LogP contribution in [0.2, 0.25) is 5.02 Å². The maximum Gasteiger partial charge on any atom is 0.204 e. The molecule has 0 unspecified atom stereocenters. The van der Waals surface area contributed by atoms with E-state index >= 15 is 0 Å². The van der Waals surface area contributed by atoms with Crippen LogP contribution in [-0.2, 0) is 13.6 Å². The monoisotopic (exact) mass is 278 g/mol. The zero-order valence-electron chi connectivity index (χ0n) is 11.7. The molecule has 0 bridgehead atoms. The first-order valence-electron chi connectivity index (χ1n) is 6.17. The third kappa shape index (κ3) is 2.84. The van der Waals surface area contributed by atoms with Gasteiger partial charge in [-0.2, -0.15) is 0 Å². The first kappa shape index (κ1) is 13.7. The van der Waals surface area contributed by atoms with Crippen molar-refractivity contribution in [3.8, 4) is 0 Å². The average molecular weight is 279 g/mol. The first-order chi connectivity index (χ1) is 9.00. The highest BCUT2D eigenvalue weighted by Gasteiger charge is 2.08. The summed E-state index contributed by atoms with van der Waals surface area (Å²) in [5.41, 5.74) is 3.25. The van der Waals surface area contributed by atoms with Crippen LogP contribution in [0.25, 0.3) is 0 Å². The Balaban J connectivity index is 2.13. The lowest BCUT2D eigenvalue weighted by Gasteiger charge is -2.14. The van der Waals surface area contributed by atoms with Crippen molar-refractivity contribution in [2.24, 2.45) is 7.05 Å². The van der Waals surface area contributed by atoms with Crippen molar-refractivity contribution in [1.29, 1.82) is 0 Å². The van der Waals surface area contributed by atoms with Crippen molar-refractivity contribution in [2.75, 3.05) is 24.3 Å². The molecule has 0 saturated heterocycles. The van der Waals surface area contributed by atoms with Crippen molar-refractivity contribution >= 4 is 23.2 Å². The van der Waals surface area contributed by atoms with Crippen LogP contribution in [0.5, 0.6) is 0 Å². The van der Waals surface area contributed by atoms with Crippen LogP contribution in [0, 0.1) is 6.92 Å². The third-order valence-corrected chi connectivity index (χ3v) is 3.60. The van der Waals surface area contributed by atoms with Crippen LogP contribution < -0.4 is 10.2 Å². The van der Waals surface area contributed by atoms with E-state index in [1.54, 1.807) is 0 Å². The van der Waals surface area contributed by atoms with Gasteiger partial charge in [0.15, 0.2) is 0 Å². The molecule has 2 rings (SSSR count). The Bertz CT molecular complexity index is 575. The van der Waals surface area contributed by atoms with E-state index in [-0.39, 0.29) is 0 Å². The van der Waals surface area contributed by atoms with E-state index in [4.69, 9.17) is 11.6 Å². The normalized spacial score (nSPS) is 10.6. The van der Waals surface area contributed by atoms with Crippen molar-refractivity contribution in [1.82, 2.24) is 9.55 Å². The van der Waals surface area contributed by atoms with E-state index in [0.717, 1.165) is 34.5 Å². The molecule has 4 nitrogen and oxygen atoms in total. The predicted octanol–water partition coefficient (Wildman–Crippen LogP) is 3.06. The number of halogens is 1. The highest BCUT2D eigenvalue weighted by Crippen LogP contribution is 2.23. The molecule has 0 aliphatic rings. The fraction of sp³-hybridized carbons (Fsp3) is 0.357. The topological polar surface area (TPSA) is 33.1 Å². The smallest absolute Gasteiger partial charge is 0.204 e. The molecule has 2 aromatic rings. The molecule has 0 aliphatic heterocycles. The Morgan fingerprint density at radius 3 is 2.74 bits per heavy atom. The molecule has 5 heteroatoms. The van der Waals surface area contributed by atoms with Crippen LogP contribution in [0.1, 0.15) is 11.3 Å². The Labute approximate surface area is 119 Å². The number of hydrogen-bond donors (Lipinski definition) is 1. The summed E-state index contributed by atoms with van der Waals surface area (Å²) in [6.45, 7) is 2.73. The first-order valence-corrected chi connectivity index (χ1v) is 6.55. The summed E-state index contributed by atoms with van der Waals surface area (Å²) in [4.78, 5) is 6.38. The molecule has 0 fully saturated rings. The summed E-state index contributed by atoms with van der Waals surface area (Å²) >= 11 is 6.11. The Hall–Kier alpha value is -1.68. The Morgan fingerprint density at radius 2 is 2.11 bits per heavy atom. The molecule has 0 spiro atoms. The van der Waals surface area contributed by atoms with E-state index in [2.05, 4.69) is 14.9 Å². The lowest BCUT2D eigenvalue weighted by Crippen LogP contribution is -2.15. The van der Waals surface area contributed by atoms with Gasteiger partial charge in [-0.3, -0.25) is 0 Å². The van der Waals surface area contributed by atoms with E-state index < -0.39 is 0 Å². The molecule has 102 valence electrons.